The van der Waals surface area contributed by atoms with Crippen molar-refractivity contribution in [2.45, 2.75) is 90.5 Å². The summed E-state index contributed by atoms with van der Waals surface area (Å²) < 4.78 is 23.3. The minimum Gasteiger partial charge on any atom is -0.463 e. The topological polar surface area (TPSA) is 88.1 Å². The molecule has 4 atom stereocenters. The first-order chi connectivity index (χ1) is 13.6. The molecule has 2 aliphatic rings. The summed E-state index contributed by atoms with van der Waals surface area (Å²) in [7, 11) is -2.26. The van der Waals surface area contributed by atoms with Crippen LogP contribution in [0.25, 0.3) is 0 Å². The molecule has 0 aliphatic carbocycles. The molecule has 0 amide bonds. The van der Waals surface area contributed by atoms with Crippen molar-refractivity contribution in [2.75, 3.05) is 6.61 Å². The molecule has 2 aliphatic heterocycles. The van der Waals surface area contributed by atoms with Crippen LogP contribution in [-0.2, 0) is 33.0 Å². The van der Waals surface area contributed by atoms with Crippen LogP contribution in [0.5, 0.6) is 0 Å². The fraction of sp³-hybridized carbons (Fsp3) is 0.773. The second-order valence-electron chi connectivity index (χ2n) is 10.2. The van der Waals surface area contributed by atoms with E-state index in [4.69, 9.17) is 18.6 Å². The number of carbonyl (C=O) groups is 3. The van der Waals surface area contributed by atoms with Crippen molar-refractivity contribution >= 4 is 26.0 Å². The molecule has 0 N–H and O–H groups in total. The first-order valence-corrected chi connectivity index (χ1v) is 13.5. The van der Waals surface area contributed by atoms with Gasteiger partial charge in [0.25, 0.3) is 0 Å². The lowest BCUT2D eigenvalue weighted by Crippen LogP contribution is -2.56. The summed E-state index contributed by atoms with van der Waals surface area (Å²) in [6, 6.07) is 0. The molecule has 2 bridgehead atoms. The molecule has 30 heavy (non-hydrogen) atoms. The Labute approximate surface area is 180 Å². The van der Waals surface area contributed by atoms with Crippen LogP contribution in [0.1, 0.15) is 48.5 Å². The van der Waals surface area contributed by atoms with E-state index < -0.39 is 49.9 Å². The van der Waals surface area contributed by atoms with Gasteiger partial charge >= 0.3 is 11.9 Å². The summed E-state index contributed by atoms with van der Waals surface area (Å²) in [5.74, 6) is -3.71. The van der Waals surface area contributed by atoms with E-state index in [1.807, 2.05) is 0 Å². The van der Waals surface area contributed by atoms with Crippen molar-refractivity contribution in [1.29, 1.82) is 0 Å². The average Bonchev–Trinajstić information content (AvgIpc) is 2.85. The Kier molecular flexibility index (Phi) is 7.06. The lowest BCUT2D eigenvalue weighted by Gasteiger charge is -2.40. The summed E-state index contributed by atoms with van der Waals surface area (Å²) in [5, 5.41) is -0.0981. The van der Waals surface area contributed by atoms with E-state index in [2.05, 4.69) is 33.9 Å². The van der Waals surface area contributed by atoms with Crippen molar-refractivity contribution < 1.29 is 33.0 Å². The zero-order valence-corrected chi connectivity index (χ0v) is 20.6. The predicted octanol–water partition coefficient (Wildman–Crippen LogP) is 3.42. The maximum atomic E-state index is 13.1. The smallest absolute Gasteiger partial charge is 0.313 e. The monoisotopic (exact) mass is 440 g/mol. The average molecular weight is 441 g/mol. The number of ether oxygens (including phenoxy) is 3. The maximum Gasteiger partial charge on any atom is 0.313 e. The molecule has 2 rings (SSSR count). The third-order valence-corrected chi connectivity index (χ3v) is 10.6. The van der Waals surface area contributed by atoms with Crippen molar-refractivity contribution in [1.82, 2.24) is 0 Å². The third-order valence-electron chi connectivity index (χ3n) is 6.10. The van der Waals surface area contributed by atoms with E-state index in [-0.39, 0.29) is 23.5 Å². The normalized spacial score (nSPS) is 28.9. The number of ketones is 1. The van der Waals surface area contributed by atoms with E-state index >= 15 is 0 Å². The van der Waals surface area contributed by atoms with Crippen LogP contribution in [0, 0.1) is 11.8 Å². The number of carbonyl (C=O) groups excluding carboxylic acids is 3. The summed E-state index contributed by atoms with van der Waals surface area (Å²) in [6.07, 6.45) is 1.41. The van der Waals surface area contributed by atoms with Gasteiger partial charge in [-0.2, -0.15) is 0 Å². The first kappa shape index (κ1) is 24.8. The Bertz CT molecular complexity index is 719. The predicted molar refractivity (Wildman–Crippen MR) is 114 cm³/mol. The fourth-order valence-corrected chi connectivity index (χ4v) is 4.49. The second kappa shape index (κ2) is 8.55. The molecule has 0 aromatic heterocycles. The summed E-state index contributed by atoms with van der Waals surface area (Å²) >= 11 is 0. The summed E-state index contributed by atoms with van der Waals surface area (Å²) in [5.41, 5.74) is -1.60. The fourth-order valence-electron chi connectivity index (χ4n) is 3.49. The molecule has 170 valence electrons. The Balaban J connectivity index is 2.47. The Morgan fingerprint density at radius 3 is 2.13 bits per heavy atom. The van der Waals surface area contributed by atoms with Gasteiger partial charge in [-0.25, -0.2) is 0 Å². The summed E-state index contributed by atoms with van der Waals surface area (Å²) in [4.78, 5) is 39.2. The van der Waals surface area contributed by atoms with Crippen LogP contribution in [0.15, 0.2) is 12.2 Å². The van der Waals surface area contributed by atoms with E-state index in [1.54, 1.807) is 27.7 Å². The van der Waals surface area contributed by atoms with Crippen LogP contribution in [0.4, 0.5) is 0 Å². The van der Waals surface area contributed by atoms with Gasteiger partial charge in [0, 0.05) is 0 Å². The molecule has 1 fully saturated rings. The van der Waals surface area contributed by atoms with Gasteiger partial charge in [0.2, 0.25) is 0 Å². The molecule has 0 radical (unpaired) electrons. The van der Waals surface area contributed by atoms with Crippen LogP contribution in [-0.4, -0.2) is 56.6 Å². The highest BCUT2D eigenvalue weighted by molar-refractivity contribution is 6.74. The Hall–Kier alpha value is -1.51. The highest BCUT2D eigenvalue weighted by Gasteiger charge is 2.66. The van der Waals surface area contributed by atoms with Gasteiger partial charge in [-0.1, -0.05) is 26.8 Å². The van der Waals surface area contributed by atoms with Gasteiger partial charge in [-0.05, 0) is 51.9 Å². The molecule has 2 heterocycles. The SMILES string of the molecule is CC(C)OC(=O)[C@H]1[C@@H]2C=CC(=O)[C@@](CO[Si](C)(C)C(C)(C)C)(O2)[C@@H]1C(=O)OC(C)C. The standard InChI is InChI=1S/C22H36O7Si/c1-13(2)27-19(24)17-15-10-11-16(23)22(29-15,18(17)20(25)28-14(3)4)12-26-30(8,9)21(5,6)7/h10-11,13-15,17-18H,12H2,1-9H3/t15-,17-,18-,22+/m0/s1. The van der Waals surface area contributed by atoms with Crippen LogP contribution < -0.4 is 0 Å². The molecule has 0 saturated carbocycles. The van der Waals surface area contributed by atoms with Crippen LogP contribution in [0.2, 0.25) is 18.1 Å². The van der Waals surface area contributed by atoms with Gasteiger partial charge in [0.1, 0.15) is 11.8 Å². The Morgan fingerprint density at radius 1 is 1.10 bits per heavy atom. The molecule has 8 heteroatoms. The molecule has 1 saturated heterocycles. The maximum absolute atomic E-state index is 13.1. The van der Waals surface area contributed by atoms with Crippen molar-refractivity contribution in [3.8, 4) is 0 Å². The van der Waals surface area contributed by atoms with Crippen molar-refractivity contribution in [3.05, 3.63) is 12.2 Å². The molecule has 0 aromatic carbocycles. The number of fused-ring (bicyclic) bond motifs is 2. The molecular formula is C22H36O7Si. The van der Waals surface area contributed by atoms with E-state index in [0.29, 0.717) is 0 Å². The van der Waals surface area contributed by atoms with E-state index in [9.17, 15) is 14.4 Å². The number of hydrogen-bond donors (Lipinski definition) is 0. The van der Waals surface area contributed by atoms with Crippen molar-refractivity contribution in [2.24, 2.45) is 11.8 Å². The molecule has 0 spiro atoms. The summed E-state index contributed by atoms with van der Waals surface area (Å²) in [6.45, 7) is 17.2. The van der Waals surface area contributed by atoms with Gasteiger partial charge in [0.15, 0.2) is 19.7 Å². The highest BCUT2D eigenvalue weighted by atomic mass is 28.4. The lowest BCUT2D eigenvalue weighted by atomic mass is 9.78. The number of rotatable bonds is 7. The minimum atomic E-state index is -2.26. The Morgan fingerprint density at radius 2 is 1.63 bits per heavy atom. The lowest BCUT2D eigenvalue weighted by molar-refractivity contribution is -0.171. The largest absolute Gasteiger partial charge is 0.463 e. The van der Waals surface area contributed by atoms with Gasteiger partial charge in [0.05, 0.1) is 24.9 Å². The molecule has 0 unspecified atom stereocenters. The van der Waals surface area contributed by atoms with Crippen LogP contribution in [0.3, 0.4) is 0 Å². The molecule has 7 nitrogen and oxygen atoms in total. The van der Waals surface area contributed by atoms with E-state index in [0.717, 1.165) is 0 Å². The zero-order chi connectivity index (χ0) is 23.1. The quantitative estimate of drug-likeness (QED) is 0.443. The first-order valence-electron chi connectivity index (χ1n) is 10.6. The highest BCUT2D eigenvalue weighted by Crippen LogP contribution is 2.48. The molecular weight excluding hydrogens is 404 g/mol. The van der Waals surface area contributed by atoms with Crippen LogP contribution >= 0.6 is 0 Å². The van der Waals surface area contributed by atoms with Gasteiger partial charge in [-0.15, -0.1) is 0 Å². The number of esters is 2. The van der Waals surface area contributed by atoms with E-state index in [1.165, 1.54) is 12.2 Å². The van der Waals surface area contributed by atoms with Crippen molar-refractivity contribution in [3.63, 3.8) is 0 Å². The zero-order valence-electron chi connectivity index (χ0n) is 19.6. The third kappa shape index (κ3) is 4.70. The minimum absolute atomic E-state index is 0.0981. The second-order valence-corrected chi connectivity index (χ2v) is 15.0. The van der Waals surface area contributed by atoms with Gasteiger partial charge < -0.3 is 18.6 Å². The van der Waals surface area contributed by atoms with Gasteiger partial charge in [-0.3, -0.25) is 14.4 Å². The number of hydrogen-bond acceptors (Lipinski definition) is 7. The molecule has 0 aromatic rings.